The third kappa shape index (κ3) is 2.51. The minimum Gasteiger partial charge on any atom is -0.455 e. The summed E-state index contributed by atoms with van der Waals surface area (Å²) in [4.78, 5) is 0. The molecule has 0 spiro atoms. The maximum Gasteiger partial charge on any atom is 0.212 e. The second-order valence-electron chi connectivity index (χ2n) is 5.58. The molecule has 0 N–H and O–H groups in total. The van der Waals surface area contributed by atoms with Crippen LogP contribution < -0.4 is 0 Å². The van der Waals surface area contributed by atoms with E-state index in [1.807, 2.05) is 54.6 Å². The lowest BCUT2D eigenvalue weighted by Crippen LogP contribution is -2.13. The molecule has 1 aliphatic rings. The summed E-state index contributed by atoms with van der Waals surface area (Å²) in [6.45, 7) is 0. The number of rotatable bonds is 2. The summed E-state index contributed by atoms with van der Waals surface area (Å²) in [6, 6.07) is 17.9. The normalized spacial score (nSPS) is 13.7. The third-order valence-electron chi connectivity index (χ3n) is 4.00. The van der Waals surface area contributed by atoms with Gasteiger partial charge in [-0.15, -0.1) is 10.2 Å². The van der Waals surface area contributed by atoms with E-state index in [1.54, 1.807) is 16.4 Å². The van der Waals surface area contributed by atoms with E-state index in [4.69, 9.17) is 9.52 Å². The Morgan fingerprint density at radius 3 is 2.76 bits per heavy atom. The first kappa shape index (κ1) is 14.9. The number of fused-ring (bicyclic) bond motifs is 2. The van der Waals surface area contributed by atoms with Crippen LogP contribution in [0, 0.1) is 0 Å². The summed E-state index contributed by atoms with van der Waals surface area (Å²) in [5, 5.41) is 15.2. The number of nitrogens with zero attached hydrogens (tertiary/aromatic N) is 4. The summed E-state index contributed by atoms with van der Waals surface area (Å²) >= 11 is 5.18. The predicted molar refractivity (Wildman–Crippen MR) is 102 cm³/mol. The summed E-state index contributed by atoms with van der Waals surface area (Å²) in [5.74, 6) is 2.20. The van der Waals surface area contributed by atoms with E-state index in [2.05, 4.69) is 26.1 Å². The van der Waals surface area contributed by atoms with Gasteiger partial charge in [0.25, 0.3) is 0 Å². The van der Waals surface area contributed by atoms with Crippen LogP contribution in [0.2, 0.25) is 0 Å². The second-order valence-corrected chi connectivity index (χ2v) is 7.38. The molecule has 2 aromatic heterocycles. The number of thioether (sulfide) groups is 1. The molecule has 1 aliphatic heterocycles. The third-order valence-corrected chi connectivity index (χ3v) is 5.62. The van der Waals surface area contributed by atoms with Crippen molar-refractivity contribution in [3.05, 3.63) is 64.8 Å². The van der Waals surface area contributed by atoms with Gasteiger partial charge >= 0.3 is 0 Å². The number of furan rings is 1. The van der Waals surface area contributed by atoms with Crippen molar-refractivity contribution in [1.82, 2.24) is 14.9 Å². The summed E-state index contributed by atoms with van der Waals surface area (Å²) in [6.07, 6.45) is 0. The Labute approximate surface area is 155 Å². The Kier molecular flexibility index (Phi) is 3.50. The van der Waals surface area contributed by atoms with Crippen molar-refractivity contribution in [1.29, 1.82) is 0 Å². The standard InChI is InChI=1S/C18H11BrN4OS/c19-13-7-3-2-6-12(13)17-20-21-18-23(17)22-14(10-25-18)16-9-11-5-1-4-8-15(11)24-16/h1-9H,10H2. The smallest absolute Gasteiger partial charge is 0.212 e. The summed E-state index contributed by atoms with van der Waals surface area (Å²) < 4.78 is 8.71. The van der Waals surface area contributed by atoms with Crippen LogP contribution in [-0.4, -0.2) is 26.3 Å². The van der Waals surface area contributed by atoms with E-state index < -0.39 is 0 Å². The van der Waals surface area contributed by atoms with Crippen LogP contribution in [0.5, 0.6) is 0 Å². The Balaban J connectivity index is 1.64. The molecule has 0 amide bonds. The van der Waals surface area contributed by atoms with Crippen molar-refractivity contribution in [2.24, 2.45) is 5.10 Å². The Bertz CT molecular complexity index is 1100. The van der Waals surface area contributed by atoms with Gasteiger partial charge in [0.1, 0.15) is 11.3 Å². The molecule has 25 heavy (non-hydrogen) atoms. The molecule has 4 aromatic rings. The molecule has 0 radical (unpaired) electrons. The minimum atomic E-state index is 0.702. The molecule has 0 aliphatic carbocycles. The SMILES string of the molecule is Brc1ccccc1-c1nnc2n1N=C(c1cc3ccccc3o1)CS2. The van der Waals surface area contributed by atoms with Crippen LogP contribution in [0.4, 0.5) is 0 Å². The molecule has 0 atom stereocenters. The fourth-order valence-corrected chi connectivity index (χ4v) is 4.06. The van der Waals surface area contributed by atoms with Gasteiger partial charge in [0, 0.05) is 21.2 Å². The Morgan fingerprint density at radius 2 is 1.88 bits per heavy atom. The summed E-state index contributed by atoms with van der Waals surface area (Å²) in [7, 11) is 0. The zero-order valence-electron chi connectivity index (χ0n) is 12.9. The van der Waals surface area contributed by atoms with Crippen molar-refractivity contribution in [3.63, 3.8) is 0 Å². The van der Waals surface area contributed by atoms with Crippen LogP contribution in [-0.2, 0) is 0 Å². The monoisotopic (exact) mass is 410 g/mol. The van der Waals surface area contributed by atoms with Gasteiger partial charge in [-0.1, -0.05) is 58.0 Å². The zero-order chi connectivity index (χ0) is 16.8. The lowest BCUT2D eigenvalue weighted by Gasteiger charge is -2.12. The average Bonchev–Trinajstić information content (AvgIpc) is 3.25. The van der Waals surface area contributed by atoms with Gasteiger partial charge in [-0.25, -0.2) is 0 Å². The molecule has 7 heteroatoms. The summed E-state index contributed by atoms with van der Waals surface area (Å²) in [5.41, 5.74) is 2.70. The zero-order valence-corrected chi connectivity index (χ0v) is 15.3. The molecule has 0 bridgehead atoms. The largest absolute Gasteiger partial charge is 0.455 e. The number of halogens is 1. The van der Waals surface area contributed by atoms with Crippen LogP contribution in [0.1, 0.15) is 5.76 Å². The van der Waals surface area contributed by atoms with Gasteiger partial charge in [-0.2, -0.15) is 9.78 Å². The van der Waals surface area contributed by atoms with E-state index in [0.29, 0.717) is 11.6 Å². The highest BCUT2D eigenvalue weighted by molar-refractivity contribution is 9.10. The van der Waals surface area contributed by atoms with E-state index in [0.717, 1.165) is 37.6 Å². The lowest BCUT2D eigenvalue weighted by molar-refractivity contribution is 0.601. The molecular formula is C18H11BrN4OS. The van der Waals surface area contributed by atoms with Crippen molar-refractivity contribution in [3.8, 4) is 11.4 Å². The van der Waals surface area contributed by atoms with Crippen molar-refractivity contribution >= 4 is 44.4 Å². The first-order chi connectivity index (χ1) is 12.3. The highest BCUT2D eigenvalue weighted by Gasteiger charge is 2.23. The maximum atomic E-state index is 5.96. The first-order valence-corrected chi connectivity index (χ1v) is 9.47. The molecule has 5 nitrogen and oxygen atoms in total. The molecule has 3 heterocycles. The number of para-hydroxylation sites is 1. The van der Waals surface area contributed by atoms with E-state index >= 15 is 0 Å². The van der Waals surface area contributed by atoms with E-state index in [-0.39, 0.29) is 0 Å². The van der Waals surface area contributed by atoms with Crippen molar-refractivity contribution in [2.75, 3.05) is 5.75 Å². The molecule has 122 valence electrons. The molecule has 5 rings (SSSR count). The molecule has 0 unspecified atom stereocenters. The van der Waals surface area contributed by atoms with Crippen LogP contribution in [0.3, 0.4) is 0 Å². The van der Waals surface area contributed by atoms with Crippen LogP contribution in [0.25, 0.3) is 22.4 Å². The maximum absolute atomic E-state index is 5.96. The first-order valence-electron chi connectivity index (χ1n) is 7.69. The van der Waals surface area contributed by atoms with Gasteiger partial charge in [0.15, 0.2) is 11.6 Å². The topological polar surface area (TPSA) is 56.2 Å². The molecular weight excluding hydrogens is 400 g/mol. The fourth-order valence-electron chi connectivity index (χ4n) is 2.78. The van der Waals surface area contributed by atoms with Crippen molar-refractivity contribution < 1.29 is 4.42 Å². The van der Waals surface area contributed by atoms with E-state index in [9.17, 15) is 0 Å². The average molecular weight is 411 g/mol. The highest BCUT2D eigenvalue weighted by Crippen LogP contribution is 2.32. The van der Waals surface area contributed by atoms with Gasteiger partial charge in [0.2, 0.25) is 5.16 Å². The molecule has 2 aromatic carbocycles. The number of hydrogen-bond donors (Lipinski definition) is 0. The molecule has 0 fully saturated rings. The second kappa shape index (κ2) is 5.86. The molecule has 0 saturated heterocycles. The number of hydrogen-bond acceptors (Lipinski definition) is 5. The Hall–Kier alpha value is -2.38. The van der Waals surface area contributed by atoms with Gasteiger partial charge in [-0.05, 0) is 24.3 Å². The van der Waals surface area contributed by atoms with Gasteiger partial charge < -0.3 is 4.42 Å². The Morgan fingerprint density at radius 1 is 1.04 bits per heavy atom. The van der Waals surface area contributed by atoms with Crippen LogP contribution >= 0.6 is 27.7 Å². The predicted octanol–water partition coefficient (Wildman–Crippen LogP) is 4.81. The quantitative estimate of drug-likeness (QED) is 0.475. The van der Waals surface area contributed by atoms with Gasteiger partial charge in [-0.3, -0.25) is 0 Å². The highest BCUT2D eigenvalue weighted by atomic mass is 79.9. The lowest BCUT2D eigenvalue weighted by atomic mass is 10.2. The molecule has 0 saturated carbocycles. The van der Waals surface area contributed by atoms with Gasteiger partial charge in [0.05, 0.1) is 0 Å². The number of benzene rings is 2. The van der Waals surface area contributed by atoms with Crippen molar-refractivity contribution in [2.45, 2.75) is 5.16 Å². The fraction of sp³-hybridized carbons (Fsp3) is 0.0556. The minimum absolute atomic E-state index is 0.702. The van der Waals surface area contributed by atoms with Crippen LogP contribution in [0.15, 0.2) is 73.7 Å². The van der Waals surface area contributed by atoms with E-state index in [1.165, 1.54) is 0 Å². The number of aromatic nitrogens is 3.